The minimum Gasteiger partial charge on any atom is -0.497 e. The summed E-state index contributed by atoms with van der Waals surface area (Å²) in [6.07, 6.45) is 10.6. The minimum absolute atomic E-state index is 0.145. The molecule has 1 N–H and O–H groups in total. The first kappa shape index (κ1) is 15.6. The monoisotopic (exact) mass is 333 g/mol. The van der Waals surface area contributed by atoms with Crippen LogP contribution in [-0.4, -0.2) is 37.1 Å². The largest absolute Gasteiger partial charge is 0.497 e. The Labute approximate surface area is 135 Å². The Morgan fingerprint density at radius 2 is 2.22 bits per heavy atom. The molecule has 2 aromatic rings. The summed E-state index contributed by atoms with van der Waals surface area (Å²) in [7, 11) is -3.31. The normalized spacial score (nSPS) is 17.7. The molecule has 0 unspecified atom stereocenters. The summed E-state index contributed by atoms with van der Waals surface area (Å²) >= 11 is 0. The van der Waals surface area contributed by atoms with Gasteiger partial charge in [-0.2, -0.15) is 5.10 Å². The Bertz CT molecular complexity index is 811. The van der Waals surface area contributed by atoms with E-state index in [0.717, 1.165) is 18.5 Å². The first-order valence-corrected chi connectivity index (χ1v) is 9.31. The Kier molecular flexibility index (Phi) is 4.38. The van der Waals surface area contributed by atoms with Gasteiger partial charge in [-0.1, -0.05) is 12.1 Å². The molecule has 0 radical (unpaired) electrons. The molecular formula is C16H19N3O3S. The molecule has 1 aliphatic rings. The van der Waals surface area contributed by atoms with Crippen LogP contribution >= 0.6 is 0 Å². The van der Waals surface area contributed by atoms with E-state index in [1.165, 1.54) is 6.26 Å². The van der Waals surface area contributed by atoms with Crippen molar-refractivity contribution in [2.75, 3.05) is 18.1 Å². The number of sulfone groups is 1. The molecule has 7 heteroatoms. The van der Waals surface area contributed by atoms with Gasteiger partial charge in [-0.25, -0.2) is 13.1 Å². The second kappa shape index (κ2) is 6.45. The van der Waals surface area contributed by atoms with Gasteiger partial charge in [0.2, 0.25) is 0 Å². The second-order valence-electron chi connectivity index (χ2n) is 5.50. The van der Waals surface area contributed by atoms with Crippen LogP contribution in [0, 0.1) is 0 Å². The Balaban J connectivity index is 1.76. The van der Waals surface area contributed by atoms with Crippen LogP contribution in [0.3, 0.4) is 0 Å². The molecule has 1 aliphatic heterocycles. The average Bonchev–Trinajstić information content (AvgIpc) is 3.02. The molecule has 1 aromatic heterocycles. The van der Waals surface area contributed by atoms with Gasteiger partial charge in [0, 0.05) is 6.26 Å². The van der Waals surface area contributed by atoms with Crippen molar-refractivity contribution in [2.45, 2.75) is 23.8 Å². The van der Waals surface area contributed by atoms with Crippen LogP contribution in [0.15, 0.2) is 53.9 Å². The molecule has 23 heavy (non-hydrogen) atoms. The van der Waals surface area contributed by atoms with E-state index < -0.39 is 9.84 Å². The zero-order valence-corrected chi connectivity index (χ0v) is 13.7. The first-order chi connectivity index (χ1) is 11.0. The zero-order valence-electron chi connectivity index (χ0n) is 12.8. The van der Waals surface area contributed by atoms with Crippen molar-refractivity contribution in [3.63, 3.8) is 0 Å². The molecule has 0 fully saturated rings. The van der Waals surface area contributed by atoms with Crippen LogP contribution < -0.4 is 5.32 Å². The molecule has 0 amide bonds. The van der Waals surface area contributed by atoms with Crippen molar-refractivity contribution in [2.24, 2.45) is 0 Å². The van der Waals surface area contributed by atoms with Crippen LogP contribution in [0.1, 0.15) is 12.8 Å². The third-order valence-corrected chi connectivity index (χ3v) is 4.79. The third-order valence-electron chi connectivity index (χ3n) is 3.65. The Morgan fingerprint density at radius 3 is 2.96 bits per heavy atom. The number of nitrogens with one attached hydrogen (secondary N) is 1. The number of ether oxygens (including phenoxy) is 1. The summed E-state index contributed by atoms with van der Waals surface area (Å²) in [6, 6.07) is 6.82. The SMILES string of the molecule is CS(=O)(=O)c1ccccc1-n1cc(NC[C@H]2CCC=CO2)cn1. The van der Waals surface area contributed by atoms with Crippen molar-refractivity contribution in [3.05, 3.63) is 49.0 Å². The number of allylic oxidation sites excluding steroid dienone is 1. The highest BCUT2D eigenvalue weighted by molar-refractivity contribution is 7.90. The molecule has 3 rings (SSSR count). The number of para-hydroxylation sites is 1. The smallest absolute Gasteiger partial charge is 0.177 e. The van der Waals surface area contributed by atoms with E-state index in [9.17, 15) is 8.42 Å². The fourth-order valence-electron chi connectivity index (χ4n) is 2.47. The molecule has 122 valence electrons. The van der Waals surface area contributed by atoms with Gasteiger partial charge in [0.15, 0.2) is 9.84 Å². The molecule has 0 bridgehead atoms. The average molecular weight is 333 g/mol. The standard InChI is InChI=1S/C16H19N3O3S/c1-23(20,21)16-8-3-2-7-15(16)19-12-13(10-18-19)17-11-14-6-4-5-9-22-14/h2-3,5,7-10,12,14,17H,4,6,11H2,1H3/t14-/m1/s1. The molecule has 1 aromatic carbocycles. The highest BCUT2D eigenvalue weighted by Crippen LogP contribution is 2.21. The van der Waals surface area contributed by atoms with Crippen molar-refractivity contribution in [1.82, 2.24) is 9.78 Å². The number of hydrogen-bond acceptors (Lipinski definition) is 5. The third kappa shape index (κ3) is 3.73. The van der Waals surface area contributed by atoms with E-state index in [2.05, 4.69) is 10.4 Å². The van der Waals surface area contributed by atoms with Crippen molar-refractivity contribution in [1.29, 1.82) is 0 Å². The van der Waals surface area contributed by atoms with Gasteiger partial charge >= 0.3 is 0 Å². The number of hydrogen-bond donors (Lipinski definition) is 1. The van der Waals surface area contributed by atoms with Gasteiger partial charge < -0.3 is 10.1 Å². The maximum atomic E-state index is 11.9. The number of anilines is 1. The van der Waals surface area contributed by atoms with E-state index >= 15 is 0 Å². The Morgan fingerprint density at radius 1 is 1.39 bits per heavy atom. The van der Waals surface area contributed by atoms with Crippen LogP contribution in [0.25, 0.3) is 5.69 Å². The lowest BCUT2D eigenvalue weighted by atomic mass is 10.1. The van der Waals surface area contributed by atoms with Gasteiger partial charge in [0.05, 0.1) is 41.5 Å². The molecule has 0 aliphatic carbocycles. The van der Waals surface area contributed by atoms with Gasteiger partial charge in [-0.3, -0.25) is 0 Å². The molecule has 0 spiro atoms. The summed E-state index contributed by atoms with van der Waals surface area (Å²) in [5.74, 6) is 0. The topological polar surface area (TPSA) is 73.2 Å². The molecule has 0 saturated carbocycles. The van der Waals surface area contributed by atoms with Crippen molar-refractivity contribution < 1.29 is 13.2 Å². The predicted molar refractivity (Wildman–Crippen MR) is 88.4 cm³/mol. The van der Waals surface area contributed by atoms with E-state index in [4.69, 9.17) is 4.74 Å². The summed E-state index contributed by atoms with van der Waals surface area (Å²) in [5, 5.41) is 7.53. The van der Waals surface area contributed by atoms with E-state index in [1.54, 1.807) is 47.6 Å². The highest BCUT2D eigenvalue weighted by atomic mass is 32.2. The van der Waals surface area contributed by atoms with E-state index in [1.807, 2.05) is 6.08 Å². The number of nitrogens with zero attached hydrogens (tertiary/aromatic N) is 2. The van der Waals surface area contributed by atoms with Gasteiger partial charge in [-0.15, -0.1) is 0 Å². The summed E-state index contributed by atoms with van der Waals surface area (Å²) in [5.41, 5.74) is 1.37. The summed E-state index contributed by atoms with van der Waals surface area (Å²) in [4.78, 5) is 0.260. The molecule has 2 heterocycles. The summed E-state index contributed by atoms with van der Waals surface area (Å²) in [6.45, 7) is 0.684. The molecular weight excluding hydrogens is 314 g/mol. The highest BCUT2D eigenvalue weighted by Gasteiger charge is 2.15. The second-order valence-corrected chi connectivity index (χ2v) is 7.49. The van der Waals surface area contributed by atoms with Crippen LogP contribution in [-0.2, 0) is 14.6 Å². The van der Waals surface area contributed by atoms with Gasteiger partial charge in [0.25, 0.3) is 0 Å². The number of rotatable bonds is 5. The molecule has 0 saturated heterocycles. The summed E-state index contributed by atoms with van der Waals surface area (Å²) < 4.78 is 30.8. The van der Waals surface area contributed by atoms with Crippen molar-refractivity contribution >= 4 is 15.5 Å². The fourth-order valence-corrected chi connectivity index (χ4v) is 3.34. The minimum atomic E-state index is -3.31. The maximum Gasteiger partial charge on any atom is 0.177 e. The number of aromatic nitrogens is 2. The zero-order chi connectivity index (χ0) is 16.3. The van der Waals surface area contributed by atoms with E-state index in [-0.39, 0.29) is 11.0 Å². The molecule has 1 atom stereocenters. The van der Waals surface area contributed by atoms with Gasteiger partial charge in [0.1, 0.15) is 6.10 Å². The van der Waals surface area contributed by atoms with Crippen LogP contribution in [0.2, 0.25) is 0 Å². The van der Waals surface area contributed by atoms with Crippen LogP contribution in [0.4, 0.5) is 5.69 Å². The lowest BCUT2D eigenvalue weighted by Gasteiger charge is -2.19. The fraction of sp³-hybridized carbons (Fsp3) is 0.312. The lowest BCUT2D eigenvalue weighted by Crippen LogP contribution is -2.22. The van der Waals surface area contributed by atoms with Gasteiger partial charge in [-0.05, 0) is 31.1 Å². The number of benzene rings is 1. The quantitative estimate of drug-likeness (QED) is 0.909. The molecule has 6 nitrogen and oxygen atoms in total. The Hall–Kier alpha value is -2.28. The predicted octanol–water partition coefficient (Wildman–Crippen LogP) is 2.38. The van der Waals surface area contributed by atoms with Crippen LogP contribution in [0.5, 0.6) is 0 Å². The maximum absolute atomic E-state index is 11.9. The first-order valence-electron chi connectivity index (χ1n) is 7.42. The lowest BCUT2D eigenvalue weighted by molar-refractivity contribution is 0.135. The van der Waals surface area contributed by atoms with E-state index in [0.29, 0.717) is 12.2 Å². The van der Waals surface area contributed by atoms with Crippen molar-refractivity contribution in [3.8, 4) is 5.69 Å².